The second-order valence-electron chi connectivity index (χ2n) is 4.94. The highest BCUT2D eigenvalue weighted by atomic mass is 79.9. The van der Waals surface area contributed by atoms with E-state index in [1.165, 1.54) is 12.1 Å². The number of carbonyl (C=O) groups is 1. The quantitative estimate of drug-likeness (QED) is 0.736. The smallest absolute Gasteiger partial charge is 0.253 e. The molecule has 0 aliphatic carbocycles. The maximum Gasteiger partial charge on any atom is 0.253 e. The number of amides is 1. The monoisotopic (exact) mass is 347 g/mol. The third-order valence-electron chi connectivity index (χ3n) is 3.64. The normalized spacial score (nSPS) is 18.4. The number of nitrogens with zero attached hydrogens (tertiary/aromatic N) is 1. The Morgan fingerprint density at radius 2 is 2.11 bits per heavy atom. The van der Waals surface area contributed by atoms with Crippen molar-refractivity contribution in [3.8, 4) is 0 Å². The fraction of sp³-hybridized carbons (Fsp3) is 0.500. The minimum absolute atomic E-state index is 0.0448. The molecule has 0 N–H and O–H groups in total. The van der Waals surface area contributed by atoms with Crippen LogP contribution in [0.4, 0.5) is 4.39 Å². The van der Waals surface area contributed by atoms with Crippen LogP contribution in [0, 0.1) is 11.7 Å². The molecule has 1 saturated heterocycles. The molecule has 2 rings (SSSR count). The summed E-state index contributed by atoms with van der Waals surface area (Å²) < 4.78 is 13.4. The molecule has 0 aromatic heterocycles. The van der Waals surface area contributed by atoms with Crippen LogP contribution in [0.15, 0.2) is 18.2 Å². The minimum atomic E-state index is -0.545. The topological polar surface area (TPSA) is 20.3 Å². The van der Waals surface area contributed by atoms with Crippen LogP contribution < -0.4 is 0 Å². The summed E-state index contributed by atoms with van der Waals surface area (Å²) >= 11 is 9.21. The Bertz CT molecular complexity index is 473. The van der Waals surface area contributed by atoms with Gasteiger partial charge in [-0.2, -0.15) is 0 Å². The first-order chi connectivity index (χ1) is 8.99. The Balaban J connectivity index is 2.03. The van der Waals surface area contributed by atoms with Crippen molar-refractivity contribution in [2.75, 3.05) is 13.1 Å². The van der Waals surface area contributed by atoms with E-state index in [0.29, 0.717) is 16.3 Å². The van der Waals surface area contributed by atoms with Gasteiger partial charge in [-0.15, -0.1) is 0 Å². The van der Waals surface area contributed by atoms with Crippen LogP contribution in [0.5, 0.6) is 0 Å². The summed E-state index contributed by atoms with van der Waals surface area (Å²) in [7, 11) is 0. The Morgan fingerprint density at radius 3 is 2.63 bits per heavy atom. The van der Waals surface area contributed by atoms with Crippen LogP contribution in [0.25, 0.3) is 0 Å². The van der Waals surface area contributed by atoms with Gasteiger partial charge in [-0.25, -0.2) is 4.39 Å². The molecule has 0 bridgehead atoms. The van der Waals surface area contributed by atoms with Gasteiger partial charge in [-0.1, -0.05) is 34.5 Å². The molecule has 1 aromatic rings. The third kappa shape index (κ3) is 3.48. The van der Waals surface area contributed by atoms with E-state index in [0.717, 1.165) is 25.9 Å². The van der Waals surface area contributed by atoms with E-state index >= 15 is 0 Å². The Morgan fingerprint density at radius 1 is 1.47 bits per heavy atom. The summed E-state index contributed by atoms with van der Waals surface area (Å²) in [6, 6.07) is 4.22. The maximum atomic E-state index is 13.4. The van der Waals surface area contributed by atoms with Crippen LogP contribution in [0.2, 0.25) is 5.02 Å². The molecule has 104 valence electrons. The second-order valence-corrected chi connectivity index (χ2v) is 6.79. The first-order valence-corrected chi connectivity index (χ1v) is 7.67. The van der Waals surface area contributed by atoms with Gasteiger partial charge in [0.15, 0.2) is 0 Å². The van der Waals surface area contributed by atoms with Crippen molar-refractivity contribution in [2.24, 2.45) is 5.92 Å². The molecule has 0 saturated carbocycles. The Hall–Kier alpha value is -0.610. The summed E-state index contributed by atoms with van der Waals surface area (Å²) in [6.07, 6.45) is 1.96. The number of benzene rings is 1. The molecule has 1 atom stereocenters. The van der Waals surface area contributed by atoms with Gasteiger partial charge in [0, 0.05) is 23.5 Å². The summed E-state index contributed by atoms with van der Waals surface area (Å²) in [5, 5.41) is 0.0448. The first kappa shape index (κ1) is 14.8. The molecule has 5 heteroatoms. The third-order valence-corrected chi connectivity index (χ3v) is 4.70. The summed E-state index contributed by atoms with van der Waals surface area (Å²) in [5.74, 6) is -0.0567. The highest BCUT2D eigenvalue weighted by molar-refractivity contribution is 9.09. The van der Waals surface area contributed by atoms with Gasteiger partial charge in [-0.05, 0) is 37.0 Å². The molecule has 0 radical (unpaired) electrons. The van der Waals surface area contributed by atoms with E-state index in [1.807, 2.05) is 0 Å². The van der Waals surface area contributed by atoms with E-state index < -0.39 is 5.82 Å². The SMILES string of the molecule is CC(Br)C1CCN(C(=O)c2ccc(Cl)c(F)c2)CC1. The lowest BCUT2D eigenvalue weighted by atomic mass is 9.94. The van der Waals surface area contributed by atoms with Gasteiger partial charge in [0.1, 0.15) is 5.82 Å². The fourth-order valence-corrected chi connectivity index (χ4v) is 3.02. The predicted molar refractivity (Wildman–Crippen MR) is 78.4 cm³/mol. The number of halogens is 3. The highest BCUT2D eigenvalue weighted by Gasteiger charge is 2.26. The number of piperidine rings is 1. The molecule has 2 nitrogen and oxygen atoms in total. The minimum Gasteiger partial charge on any atom is -0.339 e. The average Bonchev–Trinajstić information content (AvgIpc) is 2.41. The van der Waals surface area contributed by atoms with E-state index in [4.69, 9.17) is 11.6 Å². The fourth-order valence-electron chi connectivity index (χ4n) is 2.37. The summed E-state index contributed by atoms with van der Waals surface area (Å²) in [4.78, 5) is 14.5. The Labute approximate surface area is 126 Å². The van der Waals surface area contributed by atoms with E-state index in [9.17, 15) is 9.18 Å². The molecule has 19 heavy (non-hydrogen) atoms. The van der Waals surface area contributed by atoms with Crippen LogP contribution in [0.1, 0.15) is 30.1 Å². The van der Waals surface area contributed by atoms with Crippen molar-refractivity contribution in [3.05, 3.63) is 34.6 Å². The lowest BCUT2D eigenvalue weighted by Crippen LogP contribution is -2.40. The molecular weight excluding hydrogens is 333 g/mol. The molecule has 1 unspecified atom stereocenters. The molecule has 1 aliphatic heterocycles. The maximum absolute atomic E-state index is 13.4. The van der Waals surface area contributed by atoms with Gasteiger partial charge in [0.05, 0.1) is 5.02 Å². The second kappa shape index (κ2) is 6.23. The molecule has 1 amide bonds. The summed E-state index contributed by atoms with van der Waals surface area (Å²) in [5.41, 5.74) is 0.368. The Kier molecular flexibility index (Phi) is 4.85. The number of hydrogen-bond acceptors (Lipinski definition) is 1. The highest BCUT2D eigenvalue weighted by Crippen LogP contribution is 2.26. The summed E-state index contributed by atoms with van der Waals surface area (Å²) in [6.45, 7) is 3.59. The number of alkyl halides is 1. The van der Waals surface area contributed by atoms with Crippen LogP contribution in [0.3, 0.4) is 0 Å². The standard InChI is InChI=1S/C14H16BrClFNO/c1-9(15)10-4-6-18(7-5-10)14(19)11-2-3-12(16)13(17)8-11/h2-3,8-10H,4-7H2,1H3. The lowest BCUT2D eigenvalue weighted by Gasteiger charge is -2.33. The number of carbonyl (C=O) groups excluding carboxylic acids is 1. The average molecular weight is 349 g/mol. The van der Waals surface area contributed by atoms with E-state index in [1.54, 1.807) is 11.0 Å². The van der Waals surface area contributed by atoms with Crippen molar-refractivity contribution in [1.82, 2.24) is 4.90 Å². The zero-order valence-corrected chi connectivity index (χ0v) is 13.0. The van der Waals surface area contributed by atoms with Gasteiger partial charge >= 0.3 is 0 Å². The van der Waals surface area contributed by atoms with E-state index in [-0.39, 0.29) is 10.9 Å². The van der Waals surface area contributed by atoms with Gasteiger partial charge in [0.25, 0.3) is 5.91 Å². The number of likely N-dealkylation sites (tertiary alicyclic amines) is 1. The lowest BCUT2D eigenvalue weighted by molar-refractivity contribution is 0.0691. The van der Waals surface area contributed by atoms with Gasteiger partial charge < -0.3 is 4.90 Å². The van der Waals surface area contributed by atoms with E-state index in [2.05, 4.69) is 22.9 Å². The van der Waals surface area contributed by atoms with Crippen molar-refractivity contribution >= 4 is 33.4 Å². The molecule has 1 aliphatic rings. The van der Waals surface area contributed by atoms with Crippen LogP contribution in [-0.4, -0.2) is 28.7 Å². The van der Waals surface area contributed by atoms with Crippen molar-refractivity contribution < 1.29 is 9.18 Å². The molecular formula is C14H16BrClFNO. The van der Waals surface area contributed by atoms with Gasteiger partial charge in [0.2, 0.25) is 0 Å². The zero-order valence-electron chi connectivity index (χ0n) is 10.7. The largest absolute Gasteiger partial charge is 0.339 e. The first-order valence-electron chi connectivity index (χ1n) is 6.37. The van der Waals surface area contributed by atoms with Crippen molar-refractivity contribution in [3.63, 3.8) is 0 Å². The molecule has 1 heterocycles. The molecule has 1 fully saturated rings. The predicted octanol–water partition coefficient (Wildman–Crippen LogP) is 4.11. The van der Waals surface area contributed by atoms with Gasteiger partial charge in [-0.3, -0.25) is 4.79 Å². The van der Waals surface area contributed by atoms with Crippen LogP contribution >= 0.6 is 27.5 Å². The van der Waals surface area contributed by atoms with Crippen molar-refractivity contribution in [2.45, 2.75) is 24.6 Å². The van der Waals surface area contributed by atoms with Crippen molar-refractivity contribution in [1.29, 1.82) is 0 Å². The number of hydrogen-bond donors (Lipinski definition) is 0. The molecule has 1 aromatic carbocycles. The number of rotatable bonds is 2. The molecule has 0 spiro atoms. The van der Waals surface area contributed by atoms with Crippen LogP contribution in [-0.2, 0) is 0 Å². The zero-order chi connectivity index (χ0) is 14.0.